The van der Waals surface area contributed by atoms with Gasteiger partial charge in [0.25, 0.3) is 0 Å². The van der Waals surface area contributed by atoms with E-state index in [1.165, 1.54) is 30.3 Å². The number of hydrogen-bond acceptors (Lipinski definition) is 1. The first kappa shape index (κ1) is 16.2. The van der Waals surface area contributed by atoms with Crippen molar-refractivity contribution < 1.29 is 35.5 Å². The van der Waals surface area contributed by atoms with Crippen molar-refractivity contribution in [1.29, 1.82) is 0 Å². The third kappa shape index (κ3) is 3.17. The molecule has 1 aromatic carbocycles. The number of carbonyl (C=O) groups excluding carboxylic acids is 1. The Morgan fingerprint density at radius 2 is 1.40 bits per heavy atom. The second kappa shape index (κ2) is 5.26. The van der Waals surface area contributed by atoms with Gasteiger partial charge in [0.05, 0.1) is 0 Å². The lowest BCUT2D eigenvalue weighted by Crippen LogP contribution is -2.50. The molecule has 110 valence electrons. The summed E-state index contributed by atoms with van der Waals surface area (Å²) in [6.45, 7) is 0. The van der Waals surface area contributed by atoms with Gasteiger partial charge in [-0.05, 0) is 12.2 Å². The van der Waals surface area contributed by atoms with E-state index >= 15 is 0 Å². The van der Waals surface area contributed by atoms with E-state index in [-0.39, 0.29) is 11.6 Å². The van der Waals surface area contributed by atoms with Crippen LogP contribution in [0.2, 0.25) is 0 Å². The molecule has 0 spiro atoms. The van der Waals surface area contributed by atoms with Crippen molar-refractivity contribution in [1.82, 2.24) is 0 Å². The summed E-state index contributed by atoms with van der Waals surface area (Å²) in [5, 5.41) is 0. The summed E-state index contributed by atoms with van der Waals surface area (Å²) in [5.41, 5.74) is -0.116. The Balaban J connectivity index is 2.97. The van der Waals surface area contributed by atoms with E-state index in [1.807, 2.05) is 0 Å². The molecule has 0 saturated heterocycles. The van der Waals surface area contributed by atoms with Crippen LogP contribution in [0.15, 0.2) is 42.5 Å². The Morgan fingerprint density at radius 1 is 0.900 bits per heavy atom. The molecule has 0 aliphatic heterocycles. The Hall–Kier alpha value is -1.86. The van der Waals surface area contributed by atoms with Gasteiger partial charge in [0.2, 0.25) is 0 Å². The first-order valence-corrected chi connectivity index (χ1v) is 5.10. The van der Waals surface area contributed by atoms with Crippen molar-refractivity contribution in [2.45, 2.75) is 18.0 Å². The summed E-state index contributed by atoms with van der Waals surface area (Å²) in [6, 6.07) is 6.67. The number of hydrogen-bond donors (Lipinski definition) is 0. The number of allylic oxidation sites excluding steroid dienone is 2. The second-order valence-corrected chi connectivity index (χ2v) is 3.76. The average Bonchev–Trinajstić information content (AvgIpc) is 2.35. The Bertz CT molecular complexity index is 502. The summed E-state index contributed by atoms with van der Waals surface area (Å²) in [4.78, 5) is 11.3. The summed E-state index contributed by atoms with van der Waals surface area (Å²) in [7, 11) is 0. The van der Waals surface area contributed by atoms with Crippen LogP contribution in [0.25, 0.3) is 0 Å². The zero-order valence-electron chi connectivity index (χ0n) is 9.60. The Morgan fingerprint density at radius 3 is 1.85 bits per heavy atom. The van der Waals surface area contributed by atoms with Gasteiger partial charge >= 0.3 is 18.0 Å². The molecule has 1 rings (SSSR count). The van der Waals surface area contributed by atoms with E-state index < -0.39 is 29.9 Å². The van der Waals surface area contributed by atoms with Crippen LogP contribution in [-0.4, -0.2) is 23.8 Å². The maximum Gasteiger partial charge on any atom is 0.460 e. The van der Waals surface area contributed by atoms with Crippen LogP contribution in [-0.2, 0) is 0 Å². The summed E-state index contributed by atoms with van der Waals surface area (Å²) in [5.74, 6) is -12.9. The fourth-order valence-electron chi connectivity index (χ4n) is 1.17. The monoisotopic (exact) mass is 300 g/mol. The van der Waals surface area contributed by atoms with Crippen molar-refractivity contribution in [3.8, 4) is 0 Å². The number of halogens is 7. The molecule has 1 aromatic rings. The standard InChI is InChI=1S/C12H7F7O/c13-10(14,11(15,16)12(17,18)19)7-6-9(20)8-4-2-1-3-5-8/h1-7H/b7-6+. The number of alkyl halides is 7. The molecule has 8 heteroatoms. The molecule has 20 heavy (non-hydrogen) atoms. The van der Waals surface area contributed by atoms with Crippen molar-refractivity contribution in [2.24, 2.45) is 0 Å². The van der Waals surface area contributed by atoms with Gasteiger partial charge in [-0.3, -0.25) is 4.79 Å². The summed E-state index contributed by atoms with van der Waals surface area (Å²) >= 11 is 0. The molecule has 0 heterocycles. The first-order valence-electron chi connectivity index (χ1n) is 5.10. The fraction of sp³-hybridized carbons (Fsp3) is 0.250. The predicted octanol–water partition coefficient (Wildman–Crippen LogP) is 4.26. The molecule has 0 bridgehead atoms. The average molecular weight is 300 g/mol. The maximum absolute atomic E-state index is 12.9. The van der Waals surface area contributed by atoms with Gasteiger partial charge in [0.15, 0.2) is 5.78 Å². The van der Waals surface area contributed by atoms with Gasteiger partial charge in [0.1, 0.15) is 0 Å². The van der Waals surface area contributed by atoms with Gasteiger partial charge in [0, 0.05) is 5.56 Å². The number of benzene rings is 1. The molecular weight excluding hydrogens is 293 g/mol. The quantitative estimate of drug-likeness (QED) is 0.461. The normalized spacial score (nSPS) is 13.8. The van der Waals surface area contributed by atoms with Crippen molar-refractivity contribution >= 4 is 5.78 Å². The molecule has 0 aromatic heterocycles. The zero-order valence-corrected chi connectivity index (χ0v) is 9.60. The van der Waals surface area contributed by atoms with E-state index in [0.29, 0.717) is 0 Å². The molecule has 1 nitrogen and oxygen atoms in total. The highest BCUT2D eigenvalue weighted by atomic mass is 19.4. The van der Waals surface area contributed by atoms with Gasteiger partial charge < -0.3 is 0 Å². The van der Waals surface area contributed by atoms with E-state index in [1.54, 1.807) is 0 Å². The molecule has 0 amide bonds. The van der Waals surface area contributed by atoms with E-state index in [2.05, 4.69) is 0 Å². The fourth-order valence-corrected chi connectivity index (χ4v) is 1.17. The van der Waals surface area contributed by atoms with Gasteiger partial charge in [-0.1, -0.05) is 30.3 Å². The van der Waals surface area contributed by atoms with Crippen molar-refractivity contribution in [3.05, 3.63) is 48.0 Å². The minimum atomic E-state index is -6.42. The lowest BCUT2D eigenvalue weighted by atomic mass is 10.1. The van der Waals surface area contributed by atoms with Crippen LogP contribution in [0.3, 0.4) is 0 Å². The van der Waals surface area contributed by atoms with Gasteiger partial charge in [-0.25, -0.2) is 0 Å². The molecule has 0 aliphatic carbocycles. The first-order chi connectivity index (χ1) is 8.99. The molecule has 0 radical (unpaired) electrons. The van der Waals surface area contributed by atoms with Crippen LogP contribution < -0.4 is 0 Å². The topological polar surface area (TPSA) is 17.1 Å². The molecule has 0 saturated carbocycles. The summed E-state index contributed by atoms with van der Waals surface area (Å²) < 4.78 is 86.3. The van der Waals surface area contributed by atoms with E-state index in [9.17, 15) is 35.5 Å². The Labute approximate surface area is 108 Å². The number of carbonyl (C=O) groups is 1. The second-order valence-electron chi connectivity index (χ2n) is 3.76. The van der Waals surface area contributed by atoms with E-state index in [4.69, 9.17) is 0 Å². The third-order valence-corrected chi connectivity index (χ3v) is 2.28. The van der Waals surface area contributed by atoms with Crippen molar-refractivity contribution in [3.63, 3.8) is 0 Å². The molecule has 0 atom stereocenters. The number of ketones is 1. The highest BCUT2D eigenvalue weighted by Gasteiger charge is 2.71. The highest BCUT2D eigenvalue weighted by molar-refractivity contribution is 6.04. The SMILES string of the molecule is O=C(/C=C/C(F)(F)C(F)(F)C(F)(F)F)c1ccccc1. The zero-order chi connectivity index (χ0) is 15.6. The molecule has 0 unspecified atom stereocenters. The van der Waals surface area contributed by atoms with Gasteiger partial charge in [-0.15, -0.1) is 0 Å². The Kier molecular flexibility index (Phi) is 4.26. The largest absolute Gasteiger partial charge is 0.460 e. The molecule has 0 N–H and O–H groups in total. The van der Waals surface area contributed by atoms with Crippen LogP contribution in [0.4, 0.5) is 30.7 Å². The van der Waals surface area contributed by atoms with Crippen molar-refractivity contribution in [2.75, 3.05) is 0 Å². The predicted molar refractivity (Wildman–Crippen MR) is 55.9 cm³/mol. The highest BCUT2D eigenvalue weighted by Crippen LogP contribution is 2.47. The molecule has 0 fully saturated rings. The molecular formula is C12H7F7O. The minimum Gasteiger partial charge on any atom is -0.289 e. The van der Waals surface area contributed by atoms with E-state index in [0.717, 1.165) is 0 Å². The lowest BCUT2D eigenvalue weighted by Gasteiger charge is -2.25. The summed E-state index contributed by atoms with van der Waals surface area (Å²) in [6.07, 6.45) is -7.17. The van der Waals surface area contributed by atoms with Crippen LogP contribution in [0.5, 0.6) is 0 Å². The van der Waals surface area contributed by atoms with Crippen LogP contribution >= 0.6 is 0 Å². The maximum atomic E-state index is 12.9. The van der Waals surface area contributed by atoms with Gasteiger partial charge in [-0.2, -0.15) is 30.7 Å². The smallest absolute Gasteiger partial charge is 0.289 e. The van der Waals surface area contributed by atoms with Crippen LogP contribution in [0.1, 0.15) is 10.4 Å². The molecule has 0 aliphatic rings. The minimum absolute atomic E-state index is 0.00498. The van der Waals surface area contributed by atoms with Crippen LogP contribution in [0, 0.1) is 0 Å². The number of rotatable bonds is 4. The third-order valence-electron chi connectivity index (χ3n) is 2.28. The lowest BCUT2D eigenvalue weighted by molar-refractivity contribution is -0.341.